The second-order valence-electron chi connectivity index (χ2n) is 5.17. The van der Waals surface area contributed by atoms with Gasteiger partial charge < -0.3 is 15.4 Å². The van der Waals surface area contributed by atoms with Gasteiger partial charge in [0.2, 0.25) is 5.13 Å². The van der Waals surface area contributed by atoms with Crippen LogP contribution in [0.15, 0.2) is 0 Å². The minimum atomic E-state index is 0.337. The Morgan fingerprint density at radius 2 is 2.28 bits per heavy atom. The quantitative estimate of drug-likeness (QED) is 0.893. The molecule has 1 aromatic heterocycles. The van der Waals surface area contributed by atoms with Gasteiger partial charge in [0.05, 0.1) is 6.10 Å². The Labute approximate surface area is 112 Å². The molecule has 0 amide bonds. The van der Waals surface area contributed by atoms with Gasteiger partial charge in [0.25, 0.3) is 0 Å². The molecule has 1 aromatic rings. The van der Waals surface area contributed by atoms with Crippen LogP contribution in [0.1, 0.15) is 37.4 Å². The van der Waals surface area contributed by atoms with Crippen LogP contribution in [0.4, 0.5) is 5.13 Å². The number of nitrogens with two attached hydrogens (primary N) is 1. The standard InChI is InChI=1S/C12H20N4OS/c1-17-10-4-5-16(9(6-10)7-13)12-14-11(15-18-12)8-2-3-8/h8-10H,2-7,13H2,1H3. The monoisotopic (exact) mass is 268 g/mol. The summed E-state index contributed by atoms with van der Waals surface area (Å²) in [6, 6.07) is 0.337. The highest BCUT2D eigenvalue weighted by molar-refractivity contribution is 7.09. The molecule has 0 radical (unpaired) electrons. The lowest BCUT2D eigenvalue weighted by Gasteiger charge is -2.38. The zero-order valence-electron chi connectivity index (χ0n) is 10.7. The minimum absolute atomic E-state index is 0.337. The number of piperidine rings is 1. The van der Waals surface area contributed by atoms with Crippen LogP contribution < -0.4 is 10.6 Å². The lowest BCUT2D eigenvalue weighted by atomic mass is 10.00. The summed E-state index contributed by atoms with van der Waals surface area (Å²) in [4.78, 5) is 7.00. The first kappa shape index (κ1) is 12.3. The number of hydrogen-bond donors (Lipinski definition) is 1. The van der Waals surface area contributed by atoms with Crippen LogP contribution >= 0.6 is 11.5 Å². The number of hydrogen-bond acceptors (Lipinski definition) is 6. The van der Waals surface area contributed by atoms with E-state index in [9.17, 15) is 0 Å². The maximum absolute atomic E-state index is 5.89. The molecule has 100 valence electrons. The molecule has 6 heteroatoms. The van der Waals surface area contributed by atoms with Gasteiger partial charge >= 0.3 is 0 Å². The zero-order chi connectivity index (χ0) is 12.5. The normalized spacial score (nSPS) is 28.7. The number of nitrogens with zero attached hydrogens (tertiary/aromatic N) is 3. The van der Waals surface area contributed by atoms with Crippen molar-refractivity contribution in [3.63, 3.8) is 0 Å². The molecule has 3 rings (SSSR count). The highest BCUT2D eigenvalue weighted by Crippen LogP contribution is 2.40. The highest BCUT2D eigenvalue weighted by Gasteiger charge is 2.32. The Morgan fingerprint density at radius 1 is 1.44 bits per heavy atom. The number of methoxy groups -OCH3 is 1. The summed E-state index contributed by atoms with van der Waals surface area (Å²) in [5, 5.41) is 1.04. The second-order valence-corrected chi connectivity index (χ2v) is 5.90. The molecule has 2 N–H and O–H groups in total. The SMILES string of the molecule is COC1CCN(c2nc(C3CC3)ns2)C(CN)C1. The number of aromatic nitrogens is 2. The van der Waals surface area contributed by atoms with Gasteiger partial charge in [-0.15, -0.1) is 0 Å². The molecule has 2 heterocycles. The third-order valence-corrected chi connectivity index (χ3v) is 4.66. The smallest absolute Gasteiger partial charge is 0.205 e. The molecule has 2 fully saturated rings. The van der Waals surface area contributed by atoms with E-state index in [0.29, 0.717) is 24.6 Å². The molecule has 2 atom stereocenters. The van der Waals surface area contributed by atoms with E-state index in [2.05, 4.69) is 14.3 Å². The summed E-state index contributed by atoms with van der Waals surface area (Å²) >= 11 is 1.52. The topological polar surface area (TPSA) is 64.3 Å². The van der Waals surface area contributed by atoms with Crippen LogP contribution in [0.3, 0.4) is 0 Å². The van der Waals surface area contributed by atoms with Crippen molar-refractivity contribution in [2.75, 3.05) is 25.1 Å². The van der Waals surface area contributed by atoms with Crippen molar-refractivity contribution in [2.45, 2.75) is 43.7 Å². The first-order valence-electron chi connectivity index (χ1n) is 6.65. The van der Waals surface area contributed by atoms with E-state index < -0.39 is 0 Å². The van der Waals surface area contributed by atoms with Gasteiger partial charge in [-0.25, -0.2) is 4.98 Å². The molecule has 2 aliphatic rings. The fourth-order valence-corrected chi connectivity index (χ4v) is 3.40. The molecule has 5 nitrogen and oxygen atoms in total. The van der Waals surface area contributed by atoms with Gasteiger partial charge in [0, 0.05) is 43.7 Å². The molecule has 1 saturated carbocycles. The average Bonchev–Trinajstić information content (AvgIpc) is 3.16. The molecule has 18 heavy (non-hydrogen) atoms. The van der Waals surface area contributed by atoms with Gasteiger partial charge in [-0.1, -0.05) is 0 Å². The largest absolute Gasteiger partial charge is 0.381 e. The van der Waals surface area contributed by atoms with E-state index in [4.69, 9.17) is 10.5 Å². The van der Waals surface area contributed by atoms with Gasteiger partial charge in [-0.2, -0.15) is 4.37 Å². The lowest BCUT2D eigenvalue weighted by molar-refractivity contribution is 0.0709. The van der Waals surface area contributed by atoms with Crippen molar-refractivity contribution in [2.24, 2.45) is 5.73 Å². The Morgan fingerprint density at radius 3 is 2.94 bits per heavy atom. The van der Waals surface area contributed by atoms with Crippen molar-refractivity contribution >= 4 is 16.7 Å². The van der Waals surface area contributed by atoms with E-state index >= 15 is 0 Å². The fraction of sp³-hybridized carbons (Fsp3) is 0.833. The molecule has 0 spiro atoms. The maximum atomic E-state index is 5.89. The molecule has 1 aliphatic carbocycles. The number of rotatable bonds is 4. The van der Waals surface area contributed by atoms with Gasteiger partial charge in [-0.3, -0.25) is 0 Å². The third-order valence-electron chi connectivity index (χ3n) is 3.89. The molecule has 1 aliphatic heterocycles. The Kier molecular flexibility index (Phi) is 3.50. The van der Waals surface area contributed by atoms with Crippen LogP contribution in [0, 0.1) is 0 Å². The summed E-state index contributed by atoms with van der Waals surface area (Å²) in [6.07, 6.45) is 4.88. The van der Waals surface area contributed by atoms with E-state index in [1.54, 1.807) is 7.11 Å². The highest BCUT2D eigenvalue weighted by atomic mass is 32.1. The molecule has 0 bridgehead atoms. The second kappa shape index (κ2) is 5.11. The van der Waals surface area contributed by atoms with E-state index in [1.165, 1.54) is 24.4 Å². The van der Waals surface area contributed by atoms with Crippen LogP contribution in [0.2, 0.25) is 0 Å². The van der Waals surface area contributed by atoms with E-state index in [-0.39, 0.29) is 0 Å². The molecular formula is C12H20N4OS. The van der Waals surface area contributed by atoms with Crippen LogP contribution in [0.25, 0.3) is 0 Å². The van der Waals surface area contributed by atoms with Crippen molar-refractivity contribution < 1.29 is 4.74 Å². The summed E-state index contributed by atoms with van der Waals surface area (Å²) in [5.74, 6) is 1.67. The zero-order valence-corrected chi connectivity index (χ0v) is 11.5. The van der Waals surface area contributed by atoms with Crippen molar-refractivity contribution in [1.29, 1.82) is 0 Å². The van der Waals surface area contributed by atoms with Crippen molar-refractivity contribution in [3.05, 3.63) is 5.82 Å². The molecule has 1 saturated heterocycles. The summed E-state index contributed by atoms with van der Waals surface area (Å²) in [6.45, 7) is 1.62. The van der Waals surface area contributed by atoms with Crippen LogP contribution in [0.5, 0.6) is 0 Å². The summed E-state index contributed by atoms with van der Waals surface area (Å²) in [7, 11) is 1.78. The minimum Gasteiger partial charge on any atom is -0.381 e. The maximum Gasteiger partial charge on any atom is 0.205 e. The lowest BCUT2D eigenvalue weighted by Crippen LogP contribution is -2.48. The van der Waals surface area contributed by atoms with Gasteiger partial charge in [0.15, 0.2) is 0 Å². The van der Waals surface area contributed by atoms with E-state index in [0.717, 1.165) is 30.3 Å². The first-order valence-corrected chi connectivity index (χ1v) is 7.42. The first-order chi connectivity index (χ1) is 8.81. The van der Waals surface area contributed by atoms with Gasteiger partial charge in [0.1, 0.15) is 5.82 Å². The summed E-state index contributed by atoms with van der Waals surface area (Å²) in [5.41, 5.74) is 5.89. The molecule has 2 unspecified atom stereocenters. The Hall–Kier alpha value is -0.720. The number of anilines is 1. The molecular weight excluding hydrogens is 248 g/mol. The number of ether oxygens (including phenoxy) is 1. The third kappa shape index (κ3) is 2.37. The van der Waals surface area contributed by atoms with Gasteiger partial charge in [-0.05, 0) is 25.7 Å². The average molecular weight is 268 g/mol. The summed E-state index contributed by atoms with van der Waals surface area (Å²) < 4.78 is 9.92. The van der Waals surface area contributed by atoms with Crippen molar-refractivity contribution in [3.8, 4) is 0 Å². The predicted octanol–water partition coefficient (Wildman–Crippen LogP) is 1.36. The predicted molar refractivity (Wildman–Crippen MR) is 72.1 cm³/mol. The van der Waals surface area contributed by atoms with Crippen LogP contribution in [-0.4, -0.2) is 41.7 Å². The van der Waals surface area contributed by atoms with Crippen molar-refractivity contribution in [1.82, 2.24) is 9.36 Å². The Balaban J connectivity index is 1.72. The van der Waals surface area contributed by atoms with Crippen LogP contribution in [-0.2, 0) is 4.74 Å². The Bertz CT molecular complexity index is 407. The molecule has 0 aromatic carbocycles. The van der Waals surface area contributed by atoms with E-state index in [1.807, 2.05) is 0 Å². The fourth-order valence-electron chi connectivity index (χ4n) is 2.55.